The third-order valence-electron chi connectivity index (χ3n) is 10.3. The van der Waals surface area contributed by atoms with Crippen molar-refractivity contribution in [1.29, 1.82) is 0 Å². The van der Waals surface area contributed by atoms with Gasteiger partial charge in [-0.1, -0.05) is 65.5 Å². The zero-order valence-electron chi connectivity index (χ0n) is 21.2. The second-order valence-electron chi connectivity index (χ2n) is 12.6. The van der Waals surface area contributed by atoms with Crippen molar-refractivity contribution in [2.24, 2.45) is 52.8 Å². The fraction of sp³-hybridized carbons (Fsp3) is 0.897. The van der Waals surface area contributed by atoms with Crippen LogP contribution in [0.25, 0.3) is 0 Å². The van der Waals surface area contributed by atoms with E-state index < -0.39 is 0 Å². The fourth-order valence-electron chi connectivity index (χ4n) is 8.81. The van der Waals surface area contributed by atoms with Crippen LogP contribution in [0.3, 0.4) is 0 Å². The molecule has 0 spiro atoms. The van der Waals surface area contributed by atoms with Crippen molar-refractivity contribution in [3.8, 4) is 0 Å². The molecule has 0 N–H and O–H groups in total. The summed E-state index contributed by atoms with van der Waals surface area (Å²) < 4.78 is 5.62. The van der Waals surface area contributed by atoms with Crippen molar-refractivity contribution in [3.05, 3.63) is 11.6 Å². The van der Waals surface area contributed by atoms with Gasteiger partial charge in [0.25, 0.3) is 0 Å². The van der Waals surface area contributed by atoms with Gasteiger partial charge >= 0.3 is 5.97 Å². The number of hydrogen-bond donors (Lipinski definition) is 0. The Bertz CT molecular complexity index is 678. The second-order valence-corrected chi connectivity index (χ2v) is 12.6. The van der Waals surface area contributed by atoms with Crippen LogP contribution in [0.2, 0.25) is 0 Å². The topological polar surface area (TPSA) is 26.3 Å². The van der Waals surface area contributed by atoms with Crippen LogP contribution >= 0.6 is 0 Å². The normalized spacial score (nSPS) is 42.9. The largest absolute Gasteiger partial charge is 0.462 e. The lowest BCUT2D eigenvalue weighted by atomic mass is 9.48. The van der Waals surface area contributed by atoms with E-state index >= 15 is 0 Å². The van der Waals surface area contributed by atoms with Crippen LogP contribution in [0.5, 0.6) is 0 Å². The van der Waals surface area contributed by atoms with Gasteiger partial charge in [0, 0.05) is 13.3 Å². The Morgan fingerprint density at radius 1 is 1.16 bits per heavy atom. The molecule has 2 heteroatoms. The fourth-order valence-corrected chi connectivity index (χ4v) is 8.81. The summed E-state index contributed by atoms with van der Waals surface area (Å²) in [6.45, 7) is 14.0. The lowest BCUT2D eigenvalue weighted by Crippen LogP contribution is -2.50. The van der Waals surface area contributed by atoms with Crippen LogP contribution in [0.4, 0.5) is 0 Å². The van der Waals surface area contributed by atoms with Gasteiger partial charge in [0.05, 0.1) is 0 Å². The maximum absolute atomic E-state index is 11.5. The summed E-state index contributed by atoms with van der Waals surface area (Å²) in [4.78, 5) is 11.5. The first-order valence-electron chi connectivity index (χ1n) is 13.6. The van der Waals surface area contributed by atoms with Crippen molar-refractivity contribution < 1.29 is 9.53 Å². The van der Waals surface area contributed by atoms with Crippen molar-refractivity contribution in [2.45, 2.75) is 112 Å². The van der Waals surface area contributed by atoms with Crippen LogP contribution in [-0.2, 0) is 9.53 Å². The molecule has 3 fully saturated rings. The number of carbonyl (C=O) groups excluding carboxylic acids is 1. The highest BCUT2D eigenvalue weighted by Crippen LogP contribution is 2.64. The SMILES string of the molecule is CC(=O)O[C@H]1CC[C@@]2(C)C(=CC[C@H]3C4CC[C@H](C(C)CCCC(C)C)C4[C@H](C)C[C@@H]32)C1. The van der Waals surface area contributed by atoms with Crippen LogP contribution in [0.1, 0.15) is 106 Å². The van der Waals surface area contributed by atoms with Crippen LogP contribution < -0.4 is 0 Å². The summed E-state index contributed by atoms with van der Waals surface area (Å²) in [7, 11) is 0. The van der Waals surface area contributed by atoms with Gasteiger partial charge in [-0.3, -0.25) is 4.79 Å². The average Bonchev–Trinajstić information content (AvgIpc) is 3.14. The molecule has 4 aliphatic carbocycles. The standard InChI is InChI=1S/C29H48O2/c1-18(2)8-7-9-19(3)24-12-13-26-25-11-10-22-17-23(31-21(5)30)14-15-29(22,6)27(25)16-20(4)28(24)26/h10,18-20,23-28H,7-9,11-17H2,1-6H3/t19?,20-,23+,24-,25+,26?,27+,28?,29+/m1/s1. The van der Waals surface area contributed by atoms with Gasteiger partial charge in [0.15, 0.2) is 0 Å². The number of fused-ring (bicyclic) bond motifs is 5. The summed E-state index contributed by atoms with van der Waals surface area (Å²) >= 11 is 0. The summed E-state index contributed by atoms with van der Waals surface area (Å²) in [6.07, 6.45) is 15.9. The van der Waals surface area contributed by atoms with Gasteiger partial charge in [-0.2, -0.15) is 0 Å². The van der Waals surface area contributed by atoms with E-state index in [1.165, 1.54) is 51.4 Å². The van der Waals surface area contributed by atoms with E-state index in [9.17, 15) is 4.79 Å². The number of allylic oxidation sites excluding steroid dienone is 1. The van der Waals surface area contributed by atoms with E-state index in [4.69, 9.17) is 4.74 Å². The van der Waals surface area contributed by atoms with Crippen molar-refractivity contribution in [2.75, 3.05) is 0 Å². The Hall–Kier alpha value is -0.790. The molecule has 3 unspecified atom stereocenters. The molecular weight excluding hydrogens is 380 g/mol. The molecule has 0 radical (unpaired) electrons. The highest BCUT2D eigenvalue weighted by Gasteiger charge is 2.56. The first-order chi connectivity index (χ1) is 14.7. The monoisotopic (exact) mass is 428 g/mol. The molecule has 0 aromatic heterocycles. The molecule has 0 saturated heterocycles. The Labute approximate surface area is 192 Å². The van der Waals surface area contributed by atoms with Gasteiger partial charge in [0.2, 0.25) is 0 Å². The van der Waals surface area contributed by atoms with Gasteiger partial charge in [-0.05, 0) is 91.3 Å². The molecule has 0 aromatic rings. The zero-order valence-corrected chi connectivity index (χ0v) is 21.2. The van der Waals surface area contributed by atoms with Gasteiger partial charge in [-0.15, -0.1) is 0 Å². The van der Waals surface area contributed by atoms with E-state index in [1.807, 2.05) is 0 Å². The second kappa shape index (κ2) is 9.22. The summed E-state index contributed by atoms with van der Waals surface area (Å²) in [5.74, 6) is 7.12. The smallest absolute Gasteiger partial charge is 0.302 e. The van der Waals surface area contributed by atoms with E-state index in [-0.39, 0.29) is 12.1 Å². The molecule has 0 amide bonds. The lowest BCUT2D eigenvalue weighted by molar-refractivity contribution is -0.148. The first-order valence-corrected chi connectivity index (χ1v) is 13.6. The molecule has 0 bridgehead atoms. The van der Waals surface area contributed by atoms with Gasteiger partial charge in [-0.25, -0.2) is 0 Å². The molecule has 4 aliphatic rings. The number of esters is 1. The van der Waals surface area contributed by atoms with Gasteiger partial charge in [0.1, 0.15) is 6.10 Å². The summed E-state index contributed by atoms with van der Waals surface area (Å²) in [5.41, 5.74) is 1.97. The molecule has 176 valence electrons. The molecule has 3 saturated carbocycles. The first kappa shape index (κ1) is 23.4. The predicted octanol–water partition coefficient (Wildman–Crippen LogP) is 7.82. The van der Waals surface area contributed by atoms with Crippen molar-refractivity contribution in [3.63, 3.8) is 0 Å². The minimum absolute atomic E-state index is 0.114. The Morgan fingerprint density at radius 2 is 1.94 bits per heavy atom. The quantitative estimate of drug-likeness (QED) is 0.318. The van der Waals surface area contributed by atoms with Gasteiger partial charge < -0.3 is 4.74 Å². The lowest BCUT2D eigenvalue weighted by Gasteiger charge is -2.57. The maximum Gasteiger partial charge on any atom is 0.302 e. The summed E-state index contributed by atoms with van der Waals surface area (Å²) in [5, 5.41) is 0. The highest BCUT2D eigenvalue weighted by molar-refractivity contribution is 5.66. The van der Waals surface area contributed by atoms with E-state index in [1.54, 1.807) is 12.5 Å². The van der Waals surface area contributed by atoms with Crippen molar-refractivity contribution in [1.82, 2.24) is 0 Å². The summed E-state index contributed by atoms with van der Waals surface area (Å²) in [6, 6.07) is 0. The number of rotatable bonds is 6. The van der Waals surface area contributed by atoms with Crippen LogP contribution in [-0.4, -0.2) is 12.1 Å². The molecule has 31 heavy (non-hydrogen) atoms. The third kappa shape index (κ3) is 4.51. The van der Waals surface area contributed by atoms with E-state index in [0.717, 1.165) is 60.2 Å². The third-order valence-corrected chi connectivity index (χ3v) is 10.3. The maximum atomic E-state index is 11.5. The zero-order chi connectivity index (χ0) is 22.3. The Balaban J connectivity index is 1.46. The molecule has 4 rings (SSSR count). The van der Waals surface area contributed by atoms with Crippen LogP contribution in [0, 0.1) is 52.8 Å². The molecular formula is C29H48O2. The molecule has 0 heterocycles. The molecule has 9 atom stereocenters. The molecule has 0 aliphatic heterocycles. The van der Waals surface area contributed by atoms with E-state index in [2.05, 4.69) is 40.7 Å². The average molecular weight is 429 g/mol. The Morgan fingerprint density at radius 3 is 2.65 bits per heavy atom. The minimum Gasteiger partial charge on any atom is -0.462 e. The van der Waals surface area contributed by atoms with Crippen molar-refractivity contribution >= 4 is 5.97 Å². The highest BCUT2D eigenvalue weighted by atomic mass is 16.5. The minimum atomic E-state index is -0.114. The van der Waals surface area contributed by atoms with Crippen LogP contribution in [0.15, 0.2) is 11.6 Å². The Kier molecular flexibility index (Phi) is 6.95. The number of ether oxygens (including phenoxy) is 1. The predicted molar refractivity (Wildman–Crippen MR) is 129 cm³/mol. The molecule has 0 aromatic carbocycles. The number of carbonyl (C=O) groups is 1. The number of hydrogen-bond acceptors (Lipinski definition) is 2. The van der Waals surface area contributed by atoms with E-state index in [0.29, 0.717) is 5.41 Å². The molecule has 2 nitrogen and oxygen atoms in total.